The molecule has 0 amide bonds. The van der Waals surface area contributed by atoms with Gasteiger partial charge < -0.3 is 10.6 Å². The van der Waals surface area contributed by atoms with Crippen LogP contribution in [-0.2, 0) is 0 Å². The van der Waals surface area contributed by atoms with Gasteiger partial charge in [-0.15, -0.1) is 4.48 Å². The average Bonchev–Trinajstić information content (AvgIpc) is 3.19. The number of rotatable bonds is 5. The number of anilines is 1. The van der Waals surface area contributed by atoms with E-state index in [1.807, 2.05) is 6.92 Å². The lowest BCUT2D eigenvalue weighted by Gasteiger charge is -2.39. The molecule has 0 saturated heterocycles. The molecule has 2 aliphatic rings. The van der Waals surface area contributed by atoms with Crippen LogP contribution < -0.4 is 10.9 Å². The van der Waals surface area contributed by atoms with E-state index in [0.717, 1.165) is 7.05 Å². The van der Waals surface area contributed by atoms with Gasteiger partial charge in [0.25, 0.3) is 0 Å². The zero-order valence-corrected chi connectivity index (χ0v) is 14.3. The first-order valence-electron chi connectivity index (χ1n) is 8.10. The molecule has 3 rings (SSSR count). The third-order valence-electron chi connectivity index (χ3n) is 5.10. The van der Waals surface area contributed by atoms with Crippen molar-refractivity contribution in [3.05, 3.63) is 53.5 Å². The van der Waals surface area contributed by atoms with Crippen molar-refractivity contribution in [2.75, 3.05) is 25.3 Å². The van der Waals surface area contributed by atoms with Gasteiger partial charge in [0.15, 0.2) is 0 Å². The van der Waals surface area contributed by atoms with Crippen LogP contribution in [0.3, 0.4) is 0 Å². The molecule has 0 spiro atoms. The molecule has 2 aliphatic heterocycles. The Bertz CT molecular complexity index is 772. The fourth-order valence-corrected chi connectivity index (χ4v) is 3.61. The quantitative estimate of drug-likeness (QED) is 0.651. The molecule has 2 unspecified atom stereocenters. The molecule has 0 aliphatic carbocycles. The van der Waals surface area contributed by atoms with Crippen LogP contribution in [0.4, 0.5) is 18.9 Å². The van der Waals surface area contributed by atoms with Crippen LogP contribution in [0.2, 0.25) is 0 Å². The van der Waals surface area contributed by atoms with Crippen molar-refractivity contribution in [3.8, 4) is 0 Å². The number of benzene rings is 1. The van der Waals surface area contributed by atoms with Crippen molar-refractivity contribution in [1.82, 2.24) is 4.90 Å². The topological polar surface area (TPSA) is 44.6 Å². The highest BCUT2D eigenvalue weighted by molar-refractivity contribution is 5.85. The van der Waals surface area contributed by atoms with Gasteiger partial charge in [0, 0.05) is 24.7 Å². The first kappa shape index (κ1) is 17.5. The highest BCUT2D eigenvalue weighted by atomic mass is 19.2. The summed E-state index contributed by atoms with van der Waals surface area (Å²) in [6.45, 7) is 6.51. The van der Waals surface area contributed by atoms with Crippen LogP contribution in [0.5, 0.6) is 0 Å². The standard InChI is InChI=1S/C18H21F3N4/c1-11-18(2,10-25-15(9-23-11)17(25)20)13(7-8-22)12-5-4-6-14(19)16(12)24(3)21/h4-6,9,13H,1,7-8,10,22H2,2-3H3. The fourth-order valence-electron chi connectivity index (χ4n) is 3.61. The second kappa shape index (κ2) is 6.22. The van der Waals surface area contributed by atoms with Gasteiger partial charge in [-0.25, -0.2) is 9.51 Å². The molecule has 1 aromatic rings. The third-order valence-corrected chi connectivity index (χ3v) is 5.10. The minimum Gasteiger partial charge on any atom is -0.330 e. The van der Waals surface area contributed by atoms with Gasteiger partial charge in [0.1, 0.15) is 17.2 Å². The van der Waals surface area contributed by atoms with Crippen LogP contribution in [0.25, 0.3) is 0 Å². The largest absolute Gasteiger partial charge is 0.330 e. The van der Waals surface area contributed by atoms with E-state index < -0.39 is 11.2 Å². The van der Waals surface area contributed by atoms with Crippen LogP contribution >= 0.6 is 0 Å². The number of para-hydroxylation sites is 1. The first-order chi connectivity index (χ1) is 11.8. The number of aliphatic imine (C=N–C) groups is 1. The zero-order valence-electron chi connectivity index (χ0n) is 14.3. The highest BCUT2D eigenvalue weighted by Crippen LogP contribution is 2.51. The Kier molecular flexibility index (Phi) is 4.36. The lowest BCUT2D eigenvalue weighted by molar-refractivity contribution is 0.241. The molecule has 25 heavy (non-hydrogen) atoms. The summed E-state index contributed by atoms with van der Waals surface area (Å²) in [5, 5.41) is 0.266. The third kappa shape index (κ3) is 2.82. The molecule has 0 saturated carbocycles. The Morgan fingerprint density at radius 1 is 1.44 bits per heavy atom. The second-order valence-electron chi connectivity index (χ2n) is 6.67. The number of hydrogen-bond donors (Lipinski definition) is 1. The molecule has 2 heterocycles. The van der Waals surface area contributed by atoms with Gasteiger partial charge in [-0.2, -0.15) is 4.39 Å². The SMILES string of the molecule is C=C1N=CC2=C(F)N2CC1(C)C(CCN)c1cccc(F)c1N(C)F. The van der Waals surface area contributed by atoms with Crippen LogP contribution in [0.1, 0.15) is 24.8 Å². The van der Waals surface area contributed by atoms with E-state index >= 15 is 0 Å². The van der Waals surface area contributed by atoms with Crippen molar-refractivity contribution in [2.24, 2.45) is 16.1 Å². The van der Waals surface area contributed by atoms with E-state index in [2.05, 4.69) is 11.6 Å². The Hall–Kier alpha value is -2.28. The summed E-state index contributed by atoms with van der Waals surface area (Å²) in [4.78, 5) is 5.78. The van der Waals surface area contributed by atoms with Gasteiger partial charge in [0.05, 0.1) is 6.21 Å². The fraction of sp³-hybridized carbons (Fsp3) is 0.389. The van der Waals surface area contributed by atoms with Crippen molar-refractivity contribution in [1.29, 1.82) is 0 Å². The van der Waals surface area contributed by atoms with Crippen LogP contribution in [-0.4, -0.2) is 31.3 Å². The predicted molar refractivity (Wildman–Crippen MR) is 92.9 cm³/mol. The summed E-state index contributed by atoms with van der Waals surface area (Å²) in [5.41, 5.74) is 6.36. The lowest BCUT2D eigenvalue weighted by Crippen LogP contribution is -2.36. The molecule has 0 bridgehead atoms. The van der Waals surface area contributed by atoms with Crippen molar-refractivity contribution < 1.29 is 13.3 Å². The van der Waals surface area contributed by atoms with Gasteiger partial charge in [-0.05, 0) is 30.5 Å². The zero-order chi connectivity index (χ0) is 18.4. The Morgan fingerprint density at radius 3 is 2.80 bits per heavy atom. The van der Waals surface area contributed by atoms with Gasteiger partial charge in [-0.3, -0.25) is 4.99 Å². The monoisotopic (exact) mass is 350 g/mol. The molecule has 2 atom stereocenters. The lowest BCUT2D eigenvalue weighted by atomic mass is 9.69. The Labute approximate surface area is 145 Å². The van der Waals surface area contributed by atoms with E-state index in [1.165, 1.54) is 23.2 Å². The molecule has 0 fully saturated rings. The van der Waals surface area contributed by atoms with E-state index in [-0.39, 0.29) is 22.7 Å². The summed E-state index contributed by atoms with van der Waals surface area (Å²) in [5.74, 6) is -1.36. The van der Waals surface area contributed by atoms with E-state index in [9.17, 15) is 13.3 Å². The first-order valence-corrected chi connectivity index (χ1v) is 8.10. The van der Waals surface area contributed by atoms with E-state index in [4.69, 9.17) is 5.73 Å². The molecule has 0 aromatic heterocycles. The summed E-state index contributed by atoms with van der Waals surface area (Å²) < 4.78 is 42.1. The highest BCUT2D eigenvalue weighted by Gasteiger charge is 2.47. The van der Waals surface area contributed by atoms with Crippen molar-refractivity contribution in [3.63, 3.8) is 0 Å². The summed E-state index contributed by atoms with van der Waals surface area (Å²) in [6.07, 6.45) is 1.90. The summed E-state index contributed by atoms with van der Waals surface area (Å²) in [6, 6.07) is 4.42. The summed E-state index contributed by atoms with van der Waals surface area (Å²) >= 11 is 0. The predicted octanol–water partition coefficient (Wildman–Crippen LogP) is 3.64. The maximum atomic E-state index is 14.3. The molecular weight excluding hydrogens is 329 g/mol. The van der Waals surface area contributed by atoms with Crippen LogP contribution in [0.15, 0.2) is 47.1 Å². The number of hydrogen-bond acceptors (Lipinski definition) is 4. The van der Waals surface area contributed by atoms with Gasteiger partial charge >= 0.3 is 0 Å². The molecule has 0 radical (unpaired) electrons. The van der Waals surface area contributed by atoms with Crippen molar-refractivity contribution >= 4 is 11.9 Å². The van der Waals surface area contributed by atoms with E-state index in [0.29, 0.717) is 36.5 Å². The number of allylic oxidation sites excluding steroid dienone is 1. The van der Waals surface area contributed by atoms with Crippen LogP contribution in [0, 0.1) is 11.2 Å². The van der Waals surface area contributed by atoms with Gasteiger partial charge in [0.2, 0.25) is 5.95 Å². The molecule has 134 valence electrons. The molecular formula is C18H21F3N4. The Morgan fingerprint density at radius 2 is 2.16 bits per heavy atom. The molecule has 7 heteroatoms. The maximum absolute atomic E-state index is 14.3. The number of nitrogens with two attached hydrogens (primary N) is 1. The number of fused-ring (bicyclic) bond motifs is 1. The second-order valence-corrected chi connectivity index (χ2v) is 6.67. The summed E-state index contributed by atoms with van der Waals surface area (Å²) in [7, 11) is 1.15. The molecule has 1 aromatic carbocycles. The molecule has 2 N–H and O–H groups in total. The van der Waals surface area contributed by atoms with E-state index in [1.54, 1.807) is 6.07 Å². The Balaban J connectivity index is 2.09. The minimum absolute atomic E-state index is 0.136. The smallest absolute Gasteiger partial charge is 0.219 e. The number of nitrogens with zero attached hydrogens (tertiary/aromatic N) is 3. The van der Waals surface area contributed by atoms with Gasteiger partial charge in [-0.1, -0.05) is 25.6 Å². The molecule has 4 nitrogen and oxygen atoms in total. The van der Waals surface area contributed by atoms with Crippen molar-refractivity contribution in [2.45, 2.75) is 19.3 Å². The average molecular weight is 350 g/mol. The normalized spacial score (nSPS) is 23.4. The maximum Gasteiger partial charge on any atom is 0.219 e. The minimum atomic E-state index is -0.732. The number of halogens is 3.